The summed E-state index contributed by atoms with van der Waals surface area (Å²) in [5.41, 5.74) is 0. The van der Waals surface area contributed by atoms with Crippen molar-refractivity contribution in [1.29, 1.82) is 0 Å². The van der Waals surface area contributed by atoms with Crippen LogP contribution in [0.25, 0.3) is 0 Å². The molecule has 0 atom stereocenters. The van der Waals surface area contributed by atoms with Gasteiger partial charge in [-0.2, -0.15) is 0 Å². The van der Waals surface area contributed by atoms with Crippen molar-refractivity contribution in [2.75, 3.05) is 6.61 Å². The van der Waals surface area contributed by atoms with Gasteiger partial charge in [0.25, 0.3) is 9.05 Å². The quantitative estimate of drug-likeness (QED) is 0.523. The average molecular weight is 374 g/mol. The summed E-state index contributed by atoms with van der Waals surface area (Å²) in [6.07, 6.45) is 4.17. The Morgan fingerprint density at radius 2 is 2.00 bits per heavy atom. The van der Waals surface area contributed by atoms with Gasteiger partial charge in [0.15, 0.2) is 0 Å². The zero-order valence-electron chi connectivity index (χ0n) is 10.5. The van der Waals surface area contributed by atoms with Crippen LogP contribution in [-0.4, -0.2) is 15.0 Å². The molecule has 0 saturated heterocycles. The smallest absolute Gasteiger partial charge is 0.264 e. The lowest BCUT2D eigenvalue weighted by atomic mass is 10.2. The summed E-state index contributed by atoms with van der Waals surface area (Å²) >= 11 is 3.14. The Bertz CT molecular complexity index is 534. The van der Waals surface area contributed by atoms with Gasteiger partial charge < -0.3 is 4.74 Å². The fourth-order valence-electron chi connectivity index (χ4n) is 1.52. The largest absolute Gasteiger partial charge is 0.492 e. The van der Waals surface area contributed by atoms with Crippen molar-refractivity contribution >= 4 is 35.7 Å². The Kier molecular flexibility index (Phi) is 6.56. The minimum atomic E-state index is -4.09. The fraction of sp³-hybridized carbons (Fsp3) is 0.500. The summed E-state index contributed by atoms with van der Waals surface area (Å²) in [6.45, 7) is 2.57. The van der Waals surface area contributed by atoms with Crippen molar-refractivity contribution < 1.29 is 17.5 Å². The molecule has 7 heteroatoms. The molecular weight excluding hydrogens is 359 g/mol. The van der Waals surface area contributed by atoms with E-state index in [1.807, 2.05) is 0 Å². The SMILES string of the molecule is CCCCCCOc1cc(F)c(S(=O)(=O)Cl)cc1Br. The highest BCUT2D eigenvalue weighted by molar-refractivity contribution is 9.10. The fourth-order valence-corrected chi connectivity index (χ4v) is 3.03. The molecule has 1 rings (SSSR count). The summed E-state index contributed by atoms with van der Waals surface area (Å²) in [4.78, 5) is -0.556. The molecule has 0 saturated carbocycles. The molecule has 0 heterocycles. The van der Waals surface area contributed by atoms with E-state index in [-0.39, 0.29) is 5.75 Å². The van der Waals surface area contributed by atoms with Crippen molar-refractivity contribution in [2.45, 2.75) is 37.5 Å². The van der Waals surface area contributed by atoms with Crippen molar-refractivity contribution in [3.05, 3.63) is 22.4 Å². The Hall–Kier alpha value is -0.330. The van der Waals surface area contributed by atoms with Crippen molar-refractivity contribution in [3.8, 4) is 5.75 Å². The number of hydrogen-bond donors (Lipinski definition) is 0. The number of unbranched alkanes of at least 4 members (excludes halogenated alkanes) is 3. The van der Waals surface area contributed by atoms with Crippen molar-refractivity contribution in [2.24, 2.45) is 0 Å². The summed E-state index contributed by atoms with van der Waals surface area (Å²) in [6, 6.07) is 2.14. The highest BCUT2D eigenvalue weighted by Crippen LogP contribution is 2.31. The van der Waals surface area contributed by atoms with Crippen molar-refractivity contribution in [3.63, 3.8) is 0 Å². The minimum absolute atomic E-state index is 0.276. The van der Waals surface area contributed by atoms with Crippen LogP contribution in [0.3, 0.4) is 0 Å². The van der Waals surface area contributed by atoms with Gasteiger partial charge in [0.1, 0.15) is 16.5 Å². The molecule has 0 aliphatic carbocycles. The Labute approximate surface area is 125 Å². The number of ether oxygens (including phenoxy) is 1. The Morgan fingerprint density at radius 1 is 1.32 bits per heavy atom. The molecule has 108 valence electrons. The van der Waals surface area contributed by atoms with E-state index in [4.69, 9.17) is 15.4 Å². The average Bonchev–Trinajstić information content (AvgIpc) is 2.31. The number of hydrogen-bond acceptors (Lipinski definition) is 3. The van der Waals surface area contributed by atoms with E-state index in [1.54, 1.807) is 0 Å². The molecule has 0 amide bonds. The lowest BCUT2D eigenvalue weighted by molar-refractivity contribution is 0.301. The first kappa shape index (κ1) is 16.7. The van der Waals surface area contributed by atoms with Gasteiger partial charge in [0, 0.05) is 16.7 Å². The normalized spacial score (nSPS) is 11.6. The lowest BCUT2D eigenvalue weighted by Crippen LogP contribution is -2.01. The molecule has 1 aromatic rings. The van der Waals surface area contributed by atoms with Crippen LogP contribution in [-0.2, 0) is 9.05 Å². The molecule has 0 spiro atoms. The molecule has 3 nitrogen and oxygen atoms in total. The van der Waals surface area contributed by atoms with E-state index in [1.165, 1.54) is 0 Å². The number of halogens is 3. The summed E-state index contributed by atoms with van der Waals surface area (Å²) in [7, 11) is 1.03. The summed E-state index contributed by atoms with van der Waals surface area (Å²) < 4.78 is 41.6. The van der Waals surface area contributed by atoms with Gasteiger partial charge in [0.2, 0.25) is 0 Å². The molecule has 19 heavy (non-hydrogen) atoms. The summed E-state index contributed by atoms with van der Waals surface area (Å²) in [5.74, 6) is -0.639. The predicted octanol–water partition coefficient (Wildman–Crippen LogP) is 4.47. The Balaban J connectivity index is 2.74. The molecule has 0 radical (unpaired) electrons. The molecule has 0 aliphatic rings. The van der Waals surface area contributed by atoms with E-state index in [0.717, 1.165) is 37.8 Å². The third kappa shape index (κ3) is 5.28. The minimum Gasteiger partial charge on any atom is -0.492 e. The topological polar surface area (TPSA) is 43.4 Å². The van der Waals surface area contributed by atoms with Gasteiger partial charge >= 0.3 is 0 Å². The van der Waals surface area contributed by atoms with E-state index in [2.05, 4.69) is 22.9 Å². The Morgan fingerprint density at radius 3 is 2.58 bits per heavy atom. The van der Waals surface area contributed by atoms with Crippen LogP contribution in [0.1, 0.15) is 32.6 Å². The van der Waals surface area contributed by atoms with Crippen LogP contribution in [0.2, 0.25) is 0 Å². The molecule has 0 N–H and O–H groups in total. The van der Waals surface area contributed by atoms with Gasteiger partial charge in [0.05, 0.1) is 11.1 Å². The van der Waals surface area contributed by atoms with Crippen LogP contribution < -0.4 is 4.74 Å². The maximum Gasteiger partial charge on any atom is 0.264 e. The first-order valence-corrected chi connectivity index (χ1v) is 9.03. The first-order valence-electron chi connectivity index (χ1n) is 5.92. The highest BCUT2D eigenvalue weighted by Gasteiger charge is 2.19. The lowest BCUT2D eigenvalue weighted by Gasteiger charge is -2.09. The number of benzene rings is 1. The van der Waals surface area contributed by atoms with Crippen LogP contribution in [0.5, 0.6) is 5.75 Å². The third-order valence-corrected chi connectivity index (χ3v) is 4.46. The highest BCUT2D eigenvalue weighted by atomic mass is 79.9. The van der Waals surface area contributed by atoms with E-state index in [9.17, 15) is 12.8 Å². The molecular formula is C12H15BrClFO3S. The number of rotatable bonds is 7. The van der Waals surface area contributed by atoms with Crippen LogP contribution in [0, 0.1) is 5.82 Å². The van der Waals surface area contributed by atoms with Gasteiger partial charge in [-0.3, -0.25) is 0 Å². The van der Waals surface area contributed by atoms with E-state index >= 15 is 0 Å². The zero-order valence-corrected chi connectivity index (χ0v) is 13.6. The zero-order chi connectivity index (χ0) is 14.5. The van der Waals surface area contributed by atoms with Gasteiger partial charge in [-0.15, -0.1) is 0 Å². The predicted molar refractivity (Wildman–Crippen MR) is 76.8 cm³/mol. The molecule has 0 fully saturated rings. The standard InChI is InChI=1S/C12H15BrClFO3S/c1-2-3-4-5-6-18-11-8-10(15)12(7-9(11)13)19(14,16)17/h7-8H,2-6H2,1H3. The summed E-state index contributed by atoms with van der Waals surface area (Å²) in [5, 5.41) is 0. The maximum absolute atomic E-state index is 13.6. The van der Waals surface area contributed by atoms with E-state index in [0.29, 0.717) is 11.1 Å². The van der Waals surface area contributed by atoms with Crippen LogP contribution in [0.15, 0.2) is 21.5 Å². The van der Waals surface area contributed by atoms with Gasteiger partial charge in [-0.25, -0.2) is 12.8 Å². The first-order chi connectivity index (χ1) is 8.86. The molecule has 1 aromatic carbocycles. The van der Waals surface area contributed by atoms with E-state index < -0.39 is 19.8 Å². The van der Waals surface area contributed by atoms with Gasteiger partial charge in [-0.05, 0) is 28.4 Å². The maximum atomic E-state index is 13.6. The second kappa shape index (κ2) is 7.45. The van der Waals surface area contributed by atoms with Crippen LogP contribution in [0.4, 0.5) is 4.39 Å². The molecule has 0 aromatic heterocycles. The second-order valence-corrected chi connectivity index (χ2v) is 7.45. The van der Waals surface area contributed by atoms with Gasteiger partial charge in [-0.1, -0.05) is 26.2 Å². The molecule has 0 unspecified atom stereocenters. The third-order valence-electron chi connectivity index (χ3n) is 2.50. The second-order valence-electron chi connectivity index (χ2n) is 4.06. The molecule has 0 aliphatic heterocycles. The van der Waals surface area contributed by atoms with Crippen molar-refractivity contribution in [1.82, 2.24) is 0 Å². The molecule has 0 bridgehead atoms. The monoisotopic (exact) mass is 372 g/mol. The van der Waals surface area contributed by atoms with Crippen LogP contribution >= 0.6 is 26.6 Å².